The molecule has 3 atom stereocenters. The van der Waals surface area contributed by atoms with Crippen LogP contribution in [0.25, 0.3) is 10.8 Å². The maximum atomic E-state index is 10.5. The van der Waals surface area contributed by atoms with E-state index in [0.29, 0.717) is 0 Å². The summed E-state index contributed by atoms with van der Waals surface area (Å²) in [6.07, 6.45) is 0.582. The molecule has 3 rings (SSSR count). The van der Waals surface area contributed by atoms with Crippen molar-refractivity contribution < 1.29 is 14.6 Å². The number of methoxy groups -OCH3 is 1. The summed E-state index contributed by atoms with van der Waals surface area (Å²) >= 11 is 0. The third-order valence-corrected chi connectivity index (χ3v) is 4.25. The van der Waals surface area contributed by atoms with Crippen molar-refractivity contribution in [1.29, 1.82) is 0 Å². The molecule has 1 aliphatic heterocycles. The standard InChI is InChI=1S/C17H20O3/c1-11-16(7-8-20-11)17(18)14-4-3-13-10-15(19-2)6-5-12(13)9-14/h3-6,9-11,16-18H,7-8H2,1-2H3. The monoisotopic (exact) mass is 272 g/mol. The summed E-state index contributed by atoms with van der Waals surface area (Å²) in [5.74, 6) is 1.04. The molecule has 1 aliphatic rings. The van der Waals surface area contributed by atoms with Crippen LogP contribution in [0.3, 0.4) is 0 Å². The van der Waals surface area contributed by atoms with E-state index in [4.69, 9.17) is 9.47 Å². The van der Waals surface area contributed by atoms with Crippen LogP contribution in [0.2, 0.25) is 0 Å². The SMILES string of the molecule is COc1ccc2cc(C(O)C3CCOC3C)ccc2c1. The Kier molecular flexibility index (Phi) is 3.64. The lowest BCUT2D eigenvalue weighted by Gasteiger charge is -2.21. The highest BCUT2D eigenvalue weighted by Gasteiger charge is 2.31. The number of hydrogen-bond acceptors (Lipinski definition) is 3. The average Bonchev–Trinajstić information content (AvgIpc) is 2.91. The van der Waals surface area contributed by atoms with E-state index in [9.17, 15) is 5.11 Å². The van der Waals surface area contributed by atoms with Gasteiger partial charge in [0.05, 0.1) is 19.3 Å². The van der Waals surface area contributed by atoms with Crippen LogP contribution in [0.4, 0.5) is 0 Å². The lowest BCUT2D eigenvalue weighted by Crippen LogP contribution is -2.19. The summed E-state index contributed by atoms with van der Waals surface area (Å²) in [6.45, 7) is 2.78. The number of rotatable bonds is 3. The van der Waals surface area contributed by atoms with Gasteiger partial charge in [0, 0.05) is 12.5 Å². The van der Waals surface area contributed by atoms with E-state index < -0.39 is 6.10 Å². The highest BCUT2D eigenvalue weighted by Crippen LogP contribution is 2.34. The Balaban J connectivity index is 1.92. The molecule has 2 aromatic carbocycles. The summed E-state index contributed by atoms with van der Waals surface area (Å²) in [5.41, 5.74) is 0.963. The van der Waals surface area contributed by atoms with Gasteiger partial charge >= 0.3 is 0 Å². The molecule has 2 aromatic rings. The van der Waals surface area contributed by atoms with E-state index in [1.807, 2.05) is 37.3 Å². The Hall–Kier alpha value is -1.58. The van der Waals surface area contributed by atoms with E-state index in [2.05, 4.69) is 6.07 Å². The van der Waals surface area contributed by atoms with Crippen molar-refractivity contribution >= 4 is 10.8 Å². The normalized spacial score (nSPS) is 23.9. The first-order chi connectivity index (χ1) is 9.69. The highest BCUT2D eigenvalue weighted by molar-refractivity contribution is 5.84. The number of aliphatic hydroxyl groups is 1. The van der Waals surface area contributed by atoms with Crippen LogP contribution < -0.4 is 4.74 Å². The Morgan fingerprint density at radius 3 is 2.65 bits per heavy atom. The van der Waals surface area contributed by atoms with Crippen LogP contribution in [0.15, 0.2) is 36.4 Å². The fraction of sp³-hybridized carbons (Fsp3) is 0.412. The molecule has 106 valence electrons. The third-order valence-electron chi connectivity index (χ3n) is 4.25. The molecule has 0 aromatic heterocycles. The average molecular weight is 272 g/mol. The Bertz CT molecular complexity index is 608. The molecule has 0 spiro atoms. The van der Waals surface area contributed by atoms with Gasteiger partial charge in [-0.3, -0.25) is 0 Å². The largest absolute Gasteiger partial charge is 0.497 e. The Morgan fingerprint density at radius 1 is 1.20 bits per heavy atom. The van der Waals surface area contributed by atoms with Crippen LogP contribution in [-0.4, -0.2) is 24.9 Å². The molecule has 0 saturated carbocycles. The van der Waals surface area contributed by atoms with Gasteiger partial charge in [0.1, 0.15) is 5.75 Å². The minimum Gasteiger partial charge on any atom is -0.497 e. The first-order valence-electron chi connectivity index (χ1n) is 7.06. The van der Waals surface area contributed by atoms with Crippen molar-refractivity contribution in [2.24, 2.45) is 5.92 Å². The van der Waals surface area contributed by atoms with Crippen LogP contribution >= 0.6 is 0 Å². The van der Waals surface area contributed by atoms with Crippen molar-refractivity contribution in [3.8, 4) is 5.75 Å². The molecule has 0 amide bonds. The van der Waals surface area contributed by atoms with Gasteiger partial charge in [-0.05, 0) is 47.9 Å². The van der Waals surface area contributed by atoms with Gasteiger partial charge < -0.3 is 14.6 Å². The van der Waals surface area contributed by atoms with Crippen LogP contribution in [0.1, 0.15) is 25.0 Å². The highest BCUT2D eigenvalue weighted by atomic mass is 16.5. The van der Waals surface area contributed by atoms with Crippen molar-refractivity contribution in [1.82, 2.24) is 0 Å². The summed E-state index contributed by atoms with van der Waals surface area (Å²) in [4.78, 5) is 0. The molecule has 0 aliphatic carbocycles. The molecule has 1 fully saturated rings. The predicted octanol–water partition coefficient (Wildman–Crippen LogP) is 3.31. The molecule has 1 saturated heterocycles. The summed E-state index contributed by atoms with van der Waals surface area (Å²) in [6, 6.07) is 12.1. The zero-order valence-electron chi connectivity index (χ0n) is 11.9. The first-order valence-corrected chi connectivity index (χ1v) is 7.06. The zero-order chi connectivity index (χ0) is 14.1. The molecule has 3 nitrogen and oxygen atoms in total. The quantitative estimate of drug-likeness (QED) is 0.931. The van der Waals surface area contributed by atoms with Crippen LogP contribution in [0.5, 0.6) is 5.75 Å². The smallest absolute Gasteiger partial charge is 0.119 e. The topological polar surface area (TPSA) is 38.7 Å². The third kappa shape index (κ3) is 2.39. The van der Waals surface area contributed by atoms with E-state index in [1.165, 1.54) is 0 Å². The first kappa shape index (κ1) is 13.4. The summed E-state index contributed by atoms with van der Waals surface area (Å²) in [5, 5.41) is 12.8. The second-order valence-electron chi connectivity index (χ2n) is 5.45. The van der Waals surface area contributed by atoms with Crippen LogP contribution in [0, 0.1) is 5.92 Å². The molecular weight excluding hydrogens is 252 g/mol. The van der Waals surface area contributed by atoms with Gasteiger partial charge in [0.2, 0.25) is 0 Å². The zero-order valence-corrected chi connectivity index (χ0v) is 11.9. The Morgan fingerprint density at radius 2 is 1.95 bits per heavy atom. The van der Waals surface area contributed by atoms with Gasteiger partial charge in [-0.1, -0.05) is 18.2 Å². The van der Waals surface area contributed by atoms with Crippen molar-refractivity contribution in [3.63, 3.8) is 0 Å². The maximum Gasteiger partial charge on any atom is 0.119 e. The van der Waals surface area contributed by atoms with Gasteiger partial charge in [0.25, 0.3) is 0 Å². The molecule has 1 N–H and O–H groups in total. The lowest BCUT2D eigenvalue weighted by molar-refractivity contribution is 0.0432. The Labute approximate surface area is 119 Å². The fourth-order valence-electron chi connectivity index (χ4n) is 2.96. The molecule has 0 bridgehead atoms. The minimum atomic E-state index is -0.459. The van der Waals surface area contributed by atoms with E-state index >= 15 is 0 Å². The molecule has 0 radical (unpaired) electrons. The number of fused-ring (bicyclic) bond motifs is 1. The summed E-state index contributed by atoms with van der Waals surface area (Å²) in [7, 11) is 1.67. The maximum absolute atomic E-state index is 10.5. The van der Waals surface area contributed by atoms with Gasteiger partial charge in [-0.15, -0.1) is 0 Å². The minimum absolute atomic E-state index is 0.122. The van der Waals surface area contributed by atoms with Gasteiger partial charge in [0.15, 0.2) is 0 Å². The molecule has 20 heavy (non-hydrogen) atoms. The lowest BCUT2D eigenvalue weighted by atomic mass is 9.90. The van der Waals surface area contributed by atoms with Gasteiger partial charge in [-0.2, -0.15) is 0 Å². The number of aliphatic hydroxyl groups excluding tert-OH is 1. The van der Waals surface area contributed by atoms with Crippen molar-refractivity contribution in [3.05, 3.63) is 42.0 Å². The van der Waals surface area contributed by atoms with E-state index in [0.717, 1.165) is 35.1 Å². The predicted molar refractivity (Wildman–Crippen MR) is 79.0 cm³/mol. The van der Waals surface area contributed by atoms with Gasteiger partial charge in [-0.25, -0.2) is 0 Å². The number of benzene rings is 2. The van der Waals surface area contributed by atoms with E-state index in [1.54, 1.807) is 7.11 Å². The molecule has 3 unspecified atom stereocenters. The van der Waals surface area contributed by atoms with Crippen LogP contribution in [-0.2, 0) is 4.74 Å². The fourth-order valence-corrected chi connectivity index (χ4v) is 2.96. The van der Waals surface area contributed by atoms with Crippen molar-refractivity contribution in [2.45, 2.75) is 25.6 Å². The van der Waals surface area contributed by atoms with E-state index in [-0.39, 0.29) is 12.0 Å². The second kappa shape index (κ2) is 5.43. The molecule has 3 heteroatoms. The summed E-state index contributed by atoms with van der Waals surface area (Å²) < 4.78 is 10.8. The van der Waals surface area contributed by atoms with Crippen molar-refractivity contribution in [2.75, 3.05) is 13.7 Å². The molecule has 1 heterocycles. The number of ether oxygens (including phenoxy) is 2. The second-order valence-corrected chi connectivity index (χ2v) is 5.45. The number of hydrogen-bond donors (Lipinski definition) is 1. The molecular formula is C17H20O3.